The summed E-state index contributed by atoms with van der Waals surface area (Å²) in [7, 11) is -3.59. The van der Waals surface area contributed by atoms with Gasteiger partial charge in [-0.15, -0.1) is 0 Å². The largest absolute Gasteiger partial charge is 0.286 e. The third-order valence-corrected chi connectivity index (χ3v) is 3.22. The Labute approximate surface area is 92.0 Å². The number of fused-ring (bicyclic) bond motifs is 1. The molecule has 0 fully saturated rings. The van der Waals surface area contributed by atoms with E-state index in [2.05, 4.69) is 10.2 Å². The average Bonchev–Trinajstić information content (AvgIpc) is 2.17. The molecule has 84 valence electrons. The summed E-state index contributed by atoms with van der Waals surface area (Å²) in [5.41, 5.74) is 0.867. The van der Waals surface area contributed by atoms with Crippen molar-refractivity contribution in [3.05, 3.63) is 34.0 Å². The van der Waals surface area contributed by atoms with Gasteiger partial charge in [0.1, 0.15) is 0 Å². The molecule has 1 N–H and O–H groups in total. The molecule has 0 aliphatic carbocycles. The summed E-state index contributed by atoms with van der Waals surface area (Å²) in [5.74, 6) is 0. The second kappa shape index (κ2) is 3.41. The molecule has 0 bridgehead atoms. The molecule has 0 atom stereocenters. The Morgan fingerprint density at radius 2 is 2.00 bits per heavy atom. The van der Waals surface area contributed by atoms with E-state index in [1.54, 1.807) is 12.1 Å². The molecule has 6 heteroatoms. The zero-order chi connectivity index (χ0) is 11.9. The van der Waals surface area contributed by atoms with Crippen LogP contribution in [0.3, 0.4) is 0 Å². The first kappa shape index (κ1) is 10.8. The second-order valence-electron chi connectivity index (χ2n) is 3.68. The number of sulfone groups is 1. The third-order valence-electron chi connectivity index (χ3n) is 2.24. The van der Waals surface area contributed by atoms with Crippen molar-refractivity contribution >= 4 is 20.7 Å². The van der Waals surface area contributed by atoms with E-state index in [0.717, 1.165) is 11.8 Å². The lowest BCUT2D eigenvalue weighted by Crippen LogP contribution is -2.17. The van der Waals surface area contributed by atoms with Crippen molar-refractivity contribution in [2.24, 2.45) is 0 Å². The SMILES string of the molecule is Cc1ccc2[nH]nc(S(C)(=O)=O)c(=O)c2c1. The normalized spacial score (nSPS) is 11.9. The molecule has 1 aromatic carbocycles. The van der Waals surface area contributed by atoms with Gasteiger partial charge in [0.25, 0.3) is 0 Å². The van der Waals surface area contributed by atoms with Crippen molar-refractivity contribution in [3.8, 4) is 0 Å². The molecular formula is C10H10N2O3S. The van der Waals surface area contributed by atoms with E-state index in [0.29, 0.717) is 10.9 Å². The Balaban J connectivity index is 2.95. The minimum atomic E-state index is -3.59. The number of hydrogen-bond acceptors (Lipinski definition) is 4. The van der Waals surface area contributed by atoms with Crippen LogP contribution in [-0.4, -0.2) is 24.9 Å². The summed E-state index contributed by atoms with van der Waals surface area (Å²) in [6, 6.07) is 5.16. The maximum atomic E-state index is 11.9. The second-order valence-corrected chi connectivity index (χ2v) is 5.61. The standard InChI is InChI=1S/C10H10N2O3S/c1-6-3-4-8-7(5-6)9(13)10(12-11-8)16(2,14)15/h3-5H,1-2H3,(H,11,13). The number of H-pyrrole nitrogens is 1. The minimum Gasteiger partial charge on any atom is -0.286 e. The van der Waals surface area contributed by atoms with E-state index < -0.39 is 20.3 Å². The topological polar surface area (TPSA) is 79.9 Å². The fourth-order valence-corrected chi connectivity index (χ4v) is 2.13. The smallest absolute Gasteiger partial charge is 0.227 e. The molecule has 2 rings (SSSR count). The van der Waals surface area contributed by atoms with Crippen molar-refractivity contribution in [1.29, 1.82) is 0 Å². The molecule has 1 heterocycles. The summed E-state index contributed by atoms with van der Waals surface area (Å²) < 4.78 is 22.6. The summed E-state index contributed by atoms with van der Waals surface area (Å²) in [5, 5.41) is 6.05. The first-order valence-corrected chi connectivity index (χ1v) is 6.48. The number of aromatic amines is 1. The first-order chi connectivity index (χ1) is 7.39. The number of benzene rings is 1. The van der Waals surface area contributed by atoms with Crippen molar-refractivity contribution in [1.82, 2.24) is 10.2 Å². The van der Waals surface area contributed by atoms with Crippen LogP contribution in [0.1, 0.15) is 5.56 Å². The molecule has 16 heavy (non-hydrogen) atoms. The van der Waals surface area contributed by atoms with Crippen molar-refractivity contribution in [2.75, 3.05) is 6.26 Å². The van der Waals surface area contributed by atoms with Gasteiger partial charge in [0, 0.05) is 6.26 Å². The van der Waals surface area contributed by atoms with Crippen LogP contribution >= 0.6 is 0 Å². The third kappa shape index (κ3) is 1.71. The molecule has 0 aliphatic heterocycles. The zero-order valence-electron chi connectivity index (χ0n) is 8.81. The van der Waals surface area contributed by atoms with Crippen LogP contribution in [0, 0.1) is 6.92 Å². The summed E-state index contributed by atoms with van der Waals surface area (Å²) in [4.78, 5) is 11.9. The van der Waals surface area contributed by atoms with Gasteiger partial charge in [0.2, 0.25) is 10.5 Å². The van der Waals surface area contributed by atoms with E-state index in [4.69, 9.17) is 0 Å². The Kier molecular flexibility index (Phi) is 2.31. The predicted molar refractivity (Wildman–Crippen MR) is 60.2 cm³/mol. The van der Waals surface area contributed by atoms with E-state index in [-0.39, 0.29) is 0 Å². The highest BCUT2D eigenvalue weighted by molar-refractivity contribution is 7.90. The van der Waals surface area contributed by atoms with Gasteiger partial charge in [0.05, 0.1) is 10.9 Å². The lowest BCUT2D eigenvalue weighted by Gasteiger charge is -2.01. The molecule has 0 amide bonds. The molecule has 1 aromatic heterocycles. The van der Waals surface area contributed by atoms with Gasteiger partial charge in [-0.2, -0.15) is 5.10 Å². The van der Waals surface area contributed by atoms with Gasteiger partial charge >= 0.3 is 0 Å². The molecule has 5 nitrogen and oxygen atoms in total. The Hall–Kier alpha value is -1.69. The van der Waals surface area contributed by atoms with E-state index in [1.807, 2.05) is 13.0 Å². The number of hydrogen-bond donors (Lipinski definition) is 1. The van der Waals surface area contributed by atoms with E-state index in [1.165, 1.54) is 0 Å². The van der Waals surface area contributed by atoms with Crippen LogP contribution in [-0.2, 0) is 9.84 Å². The van der Waals surface area contributed by atoms with Crippen molar-refractivity contribution in [3.63, 3.8) is 0 Å². The molecular weight excluding hydrogens is 228 g/mol. The van der Waals surface area contributed by atoms with E-state index in [9.17, 15) is 13.2 Å². The fourth-order valence-electron chi connectivity index (χ4n) is 1.47. The minimum absolute atomic E-state index is 0.343. The lowest BCUT2D eigenvalue weighted by atomic mass is 10.1. The lowest BCUT2D eigenvalue weighted by molar-refractivity contribution is 0.595. The monoisotopic (exact) mass is 238 g/mol. The van der Waals surface area contributed by atoms with Gasteiger partial charge in [-0.05, 0) is 19.1 Å². The van der Waals surface area contributed by atoms with Gasteiger partial charge in [-0.1, -0.05) is 11.6 Å². The van der Waals surface area contributed by atoms with E-state index >= 15 is 0 Å². The maximum Gasteiger partial charge on any atom is 0.227 e. The fraction of sp³-hybridized carbons (Fsp3) is 0.200. The van der Waals surface area contributed by atoms with Gasteiger partial charge in [-0.3, -0.25) is 9.89 Å². The summed E-state index contributed by atoms with van der Waals surface area (Å²) in [6.45, 7) is 1.83. The summed E-state index contributed by atoms with van der Waals surface area (Å²) >= 11 is 0. The number of nitrogens with zero attached hydrogens (tertiary/aromatic N) is 1. The number of aromatic nitrogens is 2. The molecule has 0 spiro atoms. The highest BCUT2D eigenvalue weighted by Gasteiger charge is 2.16. The van der Waals surface area contributed by atoms with Gasteiger partial charge in [0.15, 0.2) is 9.84 Å². The van der Waals surface area contributed by atoms with Crippen LogP contribution in [0.25, 0.3) is 10.9 Å². The molecule has 2 aromatic rings. The molecule has 0 unspecified atom stereocenters. The van der Waals surface area contributed by atoms with Gasteiger partial charge in [-0.25, -0.2) is 8.42 Å². The molecule has 0 radical (unpaired) electrons. The van der Waals surface area contributed by atoms with Crippen LogP contribution in [0.2, 0.25) is 0 Å². The maximum absolute atomic E-state index is 11.9. The molecule has 0 aliphatic rings. The summed E-state index contributed by atoms with van der Waals surface area (Å²) in [6.07, 6.45) is 0.964. The van der Waals surface area contributed by atoms with Gasteiger partial charge < -0.3 is 0 Å². The zero-order valence-corrected chi connectivity index (χ0v) is 9.63. The number of rotatable bonds is 1. The van der Waals surface area contributed by atoms with Crippen LogP contribution in [0.5, 0.6) is 0 Å². The average molecular weight is 238 g/mol. The Morgan fingerprint density at radius 1 is 1.31 bits per heavy atom. The Morgan fingerprint density at radius 3 is 2.62 bits per heavy atom. The van der Waals surface area contributed by atoms with Crippen molar-refractivity contribution < 1.29 is 8.42 Å². The highest BCUT2D eigenvalue weighted by Crippen LogP contribution is 2.10. The quantitative estimate of drug-likeness (QED) is 0.790. The Bertz CT molecular complexity index is 716. The van der Waals surface area contributed by atoms with Crippen molar-refractivity contribution in [2.45, 2.75) is 11.9 Å². The number of nitrogens with one attached hydrogen (secondary N) is 1. The van der Waals surface area contributed by atoms with Crippen LogP contribution < -0.4 is 5.43 Å². The number of aryl methyl sites for hydroxylation is 1. The highest BCUT2D eigenvalue weighted by atomic mass is 32.2. The first-order valence-electron chi connectivity index (χ1n) is 4.59. The van der Waals surface area contributed by atoms with Crippen LogP contribution in [0.15, 0.2) is 28.0 Å². The molecule has 0 saturated heterocycles. The molecule has 0 saturated carbocycles. The predicted octanol–water partition coefficient (Wildman–Crippen LogP) is 0.635. The van der Waals surface area contributed by atoms with Crippen LogP contribution in [0.4, 0.5) is 0 Å².